The standard InChI is InChI=1S/C18H22N2O/c1-2-16-13-20(12-14-6-4-3-5-7-14)17-9-8-15(11-19)10-18(17)21-16/h3-10,16H,2,11-13,19H2,1H3. The van der Waals surface area contributed by atoms with Crippen molar-refractivity contribution in [3.05, 3.63) is 59.7 Å². The highest BCUT2D eigenvalue weighted by Crippen LogP contribution is 2.35. The number of hydrogen-bond acceptors (Lipinski definition) is 3. The van der Waals surface area contributed by atoms with Gasteiger partial charge in [-0.1, -0.05) is 43.3 Å². The highest BCUT2D eigenvalue weighted by molar-refractivity contribution is 5.61. The first kappa shape index (κ1) is 14.0. The molecule has 110 valence electrons. The molecule has 2 aromatic carbocycles. The predicted molar refractivity (Wildman–Crippen MR) is 86.5 cm³/mol. The van der Waals surface area contributed by atoms with Crippen molar-refractivity contribution >= 4 is 5.69 Å². The van der Waals surface area contributed by atoms with E-state index in [1.165, 1.54) is 11.3 Å². The molecule has 0 fully saturated rings. The molecule has 1 aliphatic heterocycles. The highest BCUT2D eigenvalue weighted by atomic mass is 16.5. The smallest absolute Gasteiger partial charge is 0.143 e. The van der Waals surface area contributed by atoms with Crippen molar-refractivity contribution in [2.45, 2.75) is 32.5 Å². The Balaban J connectivity index is 1.90. The van der Waals surface area contributed by atoms with Crippen molar-refractivity contribution in [2.75, 3.05) is 11.4 Å². The molecule has 2 N–H and O–H groups in total. The van der Waals surface area contributed by atoms with Crippen molar-refractivity contribution in [1.82, 2.24) is 0 Å². The summed E-state index contributed by atoms with van der Waals surface area (Å²) < 4.78 is 6.09. The van der Waals surface area contributed by atoms with E-state index < -0.39 is 0 Å². The van der Waals surface area contributed by atoms with Crippen LogP contribution in [0, 0.1) is 0 Å². The van der Waals surface area contributed by atoms with E-state index in [1.54, 1.807) is 0 Å². The Kier molecular flexibility index (Phi) is 4.11. The molecule has 21 heavy (non-hydrogen) atoms. The minimum absolute atomic E-state index is 0.245. The van der Waals surface area contributed by atoms with Crippen LogP contribution in [-0.4, -0.2) is 12.6 Å². The van der Waals surface area contributed by atoms with E-state index in [0.717, 1.165) is 30.8 Å². The zero-order chi connectivity index (χ0) is 14.7. The van der Waals surface area contributed by atoms with Crippen LogP contribution in [0.3, 0.4) is 0 Å². The first-order valence-corrected chi connectivity index (χ1v) is 7.58. The van der Waals surface area contributed by atoms with Crippen LogP contribution in [0.2, 0.25) is 0 Å². The molecule has 3 rings (SSSR count). The Hall–Kier alpha value is -2.00. The van der Waals surface area contributed by atoms with Gasteiger partial charge in [0.15, 0.2) is 0 Å². The van der Waals surface area contributed by atoms with Crippen LogP contribution in [0.15, 0.2) is 48.5 Å². The highest BCUT2D eigenvalue weighted by Gasteiger charge is 2.24. The Morgan fingerprint density at radius 1 is 1.14 bits per heavy atom. The maximum absolute atomic E-state index is 6.09. The number of nitrogens with zero attached hydrogens (tertiary/aromatic N) is 1. The fraction of sp³-hybridized carbons (Fsp3) is 0.333. The van der Waals surface area contributed by atoms with Gasteiger partial charge in [-0.25, -0.2) is 0 Å². The second kappa shape index (κ2) is 6.19. The van der Waals surface area contributed by atoms with Crippen LogP contribution in [0.1, 0.15) is 24.5 Å². The third-order valence-electron chi connectivity index (χ3n) is 3.99. The summed E-state index contributed by atoms with van der Waals surface area (Å²) in [5.41, 5.74) is 9.34. The molecule has 0 amide bonds. The monoisotopic (exact) mass is 282 g/mol. The van der Waals surface area contributed by atoms with Gasteiger partial charge in [0, 0.05) is 13.1 Å². The predicted octanol–water partition coefficient (Wildman–Crippen LogP) is 3.32. The van der Waals surface area contributed by atoms with Crippen LogP contribution < -0.4 is 15.4 Å². The number of rotatable bonds is 4. The number of ether oxygens (including phenoxy) is 1. The normalized spacial score (nSPS) is 17.2. The van der Waals surface area contributed by atoms with E-state index in [4.69, 9.17) is 10.5 Å². The van der Waals surface area contributed by atoms with Gasteiger partial charge in [0.2, 0.25) is 0 Å². The Labute approximate surface area is 126 Å². The lowest BCUT2D eigenvalue weighted by atomic mass is 10.1. The molecule has 0 radical (unpaired) electrons. The molecule has 0 saturated heterocycles. The minimum Gasteiger partial charge on any atom is -0.486 e. The minimum atomic E-state index is 0.245. The molecule has 0 bridgehead atoms. The summed E-state index contributed by atoms with van der Waals surface area (Å²) in [7, 11) is 0. The van der Waals surface area contributed by atoms with E-state index in [1.807, 2.05) is 0 Å². The van der Waals surface area contributed by atoms with Crippen LogP contribution >= 0.6 is 0 Å². The van der Waals surface area contributed by atoms with Gasteiger partial charge in [-0.05, 0) is 29.7 Å². The zero-order valence-corrected chi connectivity index (χ0v) is 12.5. The summed E-state index contributed by atoms with van der Waals surface area (Å²) in [6.07, 6.45) is 1.26. The lowest BCUT2D eigenvalue weighted by molar-refractivity contribution is 0.188. The molecule has 0 aliphatic carbocycles. The SMILES string of the molecule is CCC1CN(Cc2ccccc2)c2ccc(CN)cc2O1. The second-order valence-electron chi connectivity index (χ2n) is 5.52. The number of hydrogen-bond donors (Lipinski definition) is 1. The topological polar surface area (TPSA) is 38.5 Å². The average molecular weight is 282 g/mol. The largest absolute Gasteiger partial charge is 0.486 e. The molecule has 0 spiro atoms. The molecule has 3 heteroatoms. The van der Waals surface area contributed by atoms with Crippen molar-refractivity contribution in [3.8, 4) is 5.75 Å². The van der Waals surface area contributed by atoms with E-state index in [0.29, 0.717) is 6.54 Å². The van der Waals surface area contributed by atoms with Crippen LogP contribution in [0.4, 0.5) is 5.69 Å². The van der Waals surface area contributed by atoms with Gasteiger partial charge in [-0.2, -0.15) is 0 Å². The quantitative estimate of drug-likeness (QED) is 0.935. The molecular formula is C18H22N2O. The summed E-state index contributed by atoms with van der Waals surface area (Å²) in [5, 5.41) is 0. The molecule has 1 heterocycles. The molecule has 0 aromatic heterocycles. The number of nitrogens with two attached hydrogens (primary N) is 1. The van der Waals surface area contributed by atoms with E-state index >= 15 is 0 Å². The molecule has 0 saturated carbocycles. The number of benzene rings is 2. The van der Waals surface area contributed by atoms with Gasteiger partial charge < -0.3 is 15.4 Å². The number of fused-ring (bicyclic) bond motifs is 1. The Bertz CT molecular complexity index is 597. The van der Waals surface area contributed by atoms with Crippen LogP contribution in [0.25, 0.3) is 0 Å². The zero-order valence-electron chi connectivity index (χ0n) is 12.5. The van der Waals surface area contributed by atoms with Crippen LogP contribution in [0.5, 0.6) is 5.75 Å². The average Bonchev–Trinajstić information content (AvgIpc) is 2.55. The maximum atomic E-state index is 6.09. The first-order chi connectivity index (χ1) is 10.3. The van der Waals surface area contributed by atoms with E-state index in [-0.39, 0.29) is 6.10 Å². The summed E-state index contributed by atoms with van der Waals surface area (Å²) >= 11 is 0. The summed E-state index contributed by atoms with van der Waals surface area (Å²) in [4.78, 5) is 2.41. The number of anilines is 1. The Morgan fingerprint density at radius 3 is 2.67 bits per heavy atom. The molecule has 1 unspecified atom stereocenters. The fourth-order valence-electron chi connectivity index (χ4n) is 2.77. The summed E-state index contributed by atoms with van der Waals surface area (Å²) in [6, 6.07) is 16.9. The summed E-state index contributed by atoms with van der Waals surface area (Å²) in [5.74, 6) is 0.965. The van der Waals surface area contributed by atoms with Gasteiger partial charge in [-0.3, -0.25) is 0 Å². The molecule has 2 aromatic rings. The van der Waals surface area contributed by atoms with Crippen LogP contribution in [-0.2, 0) is 13.1 Å². The third-order valence-corrected chi connectivity index (χ3v) is 3.99. The third kappa shape index (κ3) is 3.03. The second-order valence-corrected chi connectivity index (χ2v) is 5.52. The van der Waals surface area contributed by atoms with Gasteiger partial charge in [0.05, 0.1) is 12.2 Å². The fourth-order valence-corrected chi connectivity index (χ4v) is 2.77. The summed E-state index contributed by atoms with van der Waals surface area (Å²) in [6.45, 7) is 4.56. The molecule has 1 aliphatic rings. The Morgan fingerprint density at radius 2 is 1.95 bits per heavy atom. The molecule has 1 atom stereocenters. The first-order valence-electron chi connectivity index (χ1n) is 7.58. The van der Waals surface area contributed by atoms with Crippen molar-refractivity contribution < 1.29 is 4.74 Å². The molecule has 3 nitrogen and oxygen atoms in total. The maximum Gasteiger partial charge on any atom is 0.143 e. The van der Waals surface area contributed by atoms with Gasteiger partial charge in [-0.15, -0.1) is 0 Å². The lowest BCUT2D eigenvalue weighted by Crippen LogP contribution is -2.39. The van der Waals surface area contributed by atoms with Crippen molar-refractivity contribution in [2.24, 2.45) is 5.73 Å². The molecular weight excluding hydrogens is 260 g/mol. The van der Waals surface area contributed by atoms with Crippen molar-refractivity contribution in [3.63, 3.8) is 0 Å². The van der Waals surface area contributed by atoms with Crippen molar-refractivity contribution in [1.29, 1.82) is 0 Å². The van der Waals surface area contributed by atoms with E-state index in [9.17, 15) is 0 Å². The lowest BCUT2D eigenvalue weighted by Gasteiger charge is -2.36. The van der Waals surface area contributed by atoms with Gasteiger partial charge >= 0.3 is 0 Å². The van der Waals surface area contributed by atoms with E-state index in [2.05, 4.69) is 60.4 Å². The van der Waals surface area contributed by atoms with Gasteiger partial charge in [0.25, 0.3) is 0 Å². The van der Waals surface area contributed by atoms with Gasteiger partial charge in [0.1, 0.15) is 11.9 Å².